The molecule has 124 valence electrons. The number of anilines is 1. The number of carbonyl (C=O) groups excluding carboxylic acids is 1. The summed E-state index contributed by atoms with van der Waals surface area (Å²) in [6.45, 7) is 1.04. The highest BCUT2D eigenvalue weighted by molar-refractivity contribution is 6.00. The SMILES string of the molecule is Nc1cc2c(cc1C(=O)NC1COc3c(F)cccc31)OCCO2. The van der Waals surface area contributed by atoms with Crippen molar-refractivity contribution in [2.45, 2.75) is 6.04 Å². The molecule has 2 aromatic rings. The lowest BCUT2D eigenvalue weighted by Crippen LogP contribution is -2.30. The van der Waals surface area contributed by atoms with Gasteiger partial charge in [0.05, 0.1) is 11.6 Å². The van der Waals surface area contributed by atoms with Crippen LogP contribution in [0.3, 0.4) is 0 Å². The monoisotopic (exact) mass is 330 g/mol. The molecule has 0 spiro atoms. The third kappa shape index (κ3) is 2.38. The minimum atomic E-state index is -0.442. The number of benzene rings is 2. The largest absolute Gasteiger partial charge is 0.488 e. The molecule has 2 aliphatic rings. The first kappa shape index (κ1) is 14.6. The first-order chi connectivity index (χ1) is 11.6. The van der Waals surface area contributed by atoms with Gasteiger partial charge in [-0.1, -0.05) is 12.1 Å². The minimum absolute atomic E-state index is 0.173. The molecule has 6 nitrogen and oxygen atoms in total. The van der Waals surface area contributed by atoms with Crippen molar-refractivity contribution in [3.8, 4) is 17.2 Å². The highest BCUT2D eigenvalue weighted by atomic mass is 19.1. The quantitative estimate of drug-likeness (QED) is 0.824. The van der Waals surface area contributed by atoms with Crippen LogP contribution in [0, 0.1) is 5.82 Å². The second kappa shape index (κ2) is 5.59. The first-order valence-electron chi connectivity index (χ1n) is 7.54. The van der Waals surface area contributed by atoms with Crippen LogP contribution in [0.25, 0.3) is 0 Å². The van der Waals surface area contributed by atoms with E-state index in [1.165, 1.54) is 6.07 Å². The predicted octanol–water partition coefficient (Wildman–Crippen LogP) is 2.04. The zero-order chi connectivity index (χ0) is 16.7. The van der Waals surface area contributed by atoms with Gasteiger partial charge in [0.2, 0.25) is 0 Å². The van der Waals surface area contributed by atoms with Crippen molar-refractivity contribution in [3.05, 3.63) is 47.3 Å². The van der Waals surface area contributed by atoms with Crippen molar-refractivity contribution < 1.29 is 23.4 Å². The fourth-order valence-corrected chi connectivity index (χ4v) is 2.87. The number of nitrogen functional groups attached to an aromatic ring is 1. The molecule has 0 bridgehead atoms. The maximum absolute atomic E-state index is 13.7. The van der Waals surface area contributed by atoms with Gasteiger partial charge < -0.3 is 25.3 Å². The van der Waals surface area contributed by atoms with E-state index in [9.17, 15) is 9.18 Å². The summed E-state index contributed by atoms with van der Waals surface area (Å²) in [6, 6.07) is 7.32. The highest BCUT2D eigenvalue weighted by Gasteiger charge is 2.29. The topological polar surface area (TPSA) is 82.8 Å². The number of hydrogen-bond donors (Lipinski definition) is 2. The summed E-state index contributed by atoms with van der Waals surface area (Å²) in [4.78, 5) is 12.6. The molecule has 0 saturated heterocycles. The lowest BCUT2D eigenvalue weighted by atomic mass is 10.1. The van der Waals surface area contributed by atoms with Gasteiger partial charge in [-0.05, 0) is 12.1 Å². The fourth-order valence-electron chi connectivity index (χ4n) is 2.87. The van der Waals surface area contributed by atoms with E-state index < -0.39 is 11.9 Å². The van der Waals surface area contributed by atoms with Crippen LogP contribution in [0.4, 0.5) is 10.1 Å². The summed E-state index contributed by atoms with van der Waals surface area (Å²) in [5.74, 6) is 0.359. The third-order valence-corrected chi connectivity index (χ3v) is 4.03. The molecule has 24 heavy (non-hydrogen) atoms. The van der Waals surface area contributed by atoms with Crippen molar-refractivity contribution in [1.29, 1.82) is 0 Å². The molecule has 2 aliphatic heterocycles. The van der Waals surface area contributed by atoms with E-state index in [4.69, 9.17) is 19.9 Å². The average Bonchev–Trinajstić information content (AvgIpc) is 2.98. The number of nitrogens with one attached hydrogen (secondary N) is 1. The standard InChI is InChI=1S/C17H15FN2O4/c18-11-3-1-2-9-13(8-24-16(9)11)20-17(21)10-6-14-15(7-12(10)19)23-5-4-22-14/h1-3,6-7,13H,4-5,8,19H2,(H,20,21). The Labute approximate surface area is 137 Å². The summed E-state index contributed by atoms with van der Waals surface area (Å²) < 4.78 is 29.9. The summed E-state index contributed by atoms with van der Waals surface area (Å²) in [6.07, 6.45) is 0. The lowest BCUT2D eigenvalue weighted by molar-refractivity contribution is 0.0930. The van der Waals surface area contributed by atoms with Crippen LogP contribution < -0.4 is 25.3 Å². The Morgan fingerprint density at radius 2 is 1.92 bits per heavy atom. The Bertz CT molecular complexity index is 824. The van der Waals surface area contributed by atoms with E-state index in [0.717, 1.165) is 0 Å². The zero-order valence-corrected chi connectivity index (χ0v) is 12.7. The number of fused-ring (bicyclic) bond motifs is 2. The van der Waals surface area contributed by atoms with Crippen LogP contribution in [-0.4, -0.2) is 25.7 Å². The van der Waals surface area contributed by atoms with Crippen molar-refractivity contribution in [1.82, 2.24) is 5.32 Å². The molecule has 0 aromatic heterocycles. The van der Waals surface area contributed by atoms with Crippen LogP contribution in [0.2, 0.25) is 0 Å². The number of hydrogen-bond acceptors (Lipinski definition) is 5. The lowest BCUT2D eigenvalue weighted by Gasteiger charge is -2.20. The van der Waals surface area contributed by atoms with Gasteiger partial charge in [-0.3, -0.25) is 4.79 Å². The number of carbonyl (C=O) groups is 1. The van der Waals surface area contributed by atoms with E-state index in [0.29, 0.717) is 30.3 Å². The van der Waals surface area contributed by atoms with Crippen LogP contribution in [0.15, 0.2) is 30.3 Å². The molecule has 1 unspecified atom stereocenters. The Morgan fingerprint density at radius 1 is 1.17 bits per heavy atom. The molecule has 0 fully saturated rings. The predicted molar refractivity (Wildman–Crippen MR) is 83.9 cm³/mol. The third-order valence-electron chi connectivity index (χ3n) is 4.03. The van der Waals surface area contributed by atoms with Gasteiger partial charge in [0.25, 0.3) is 5.91 Å². The van der Waals surface area contributed by atoms with Gasteiger partial charge in [-0.2, -0.15) is 0 Å². The van der Waals surface area contributed by atoms with Crippen molar-refractivity contribution in [2.75, 3.05) is 25.6 Å². The van der Waals surface area contributed by atoms with Gasteiger partial charge in [-0.25, -0.2) is 4.39 Å². The Kier molecular flexibility index (Phi) is 3.41. The van der Waals surface area contributed by atoms with Gasteiger partial charge in [-0.15, -0.1) is 0 Å². The van der Waals surface area contributed by atoms with E-state index in [2.05, 4.69) is 5.32 Å². The maximum Gasteiger partial charge on any atom is 0.254 e. The van der Waals surface area contributed by atoms with E-state index in [1.807, 2.05) is 0 Å². The molecule has 1 amide bonds. The summed E-state index contributed by atoms with van der Waals surface area (Å²) >= 11 is 0. The molecule has 1 atom stereocenters. The molecule has 2 heterocycles. The molecule has 4 rings (SSSR count). The number of ether oxygens (including phenoxy) is 3. The second-order valence-corrected chi connectivity index (χ2v) is 5.58. The fraction of sp³-hybridized carbons (Fsp3) is 0.235. The van der Waals surface area contributed by atoms with E-state index in [-0.39, 0.29) is 29.5 Å². The van der Waals surface area contributed by atoms with Gasteiger partial charge in [0, 0.05) is 17.3 Å². The molecule has 2 aromatic carbocycles. The van der Waals surface area contributed by atoms with Crippen LogP contribution in [-0.2, 0) is 0 Å². The average molecular weight is 330 g/mol. The molecular weight excluding hydrogens is 315 g/mol. The van der Waals surface area contributed by atoms with Gasteiger partial charge in [0.15, 0.2) is 23.1 Å². The maximum atomic E-state index is 13.7. The molecule has 0 aliphatic carbocycles. The van der Waals surface area contributed by atoms with Crippen molar-refractivity contribution in [2.24, 2.45) is 0 Å². The molecule has 0 saturated carbocycles. The Morgan fingerprint density at radius 3 is 2.71 bits per heavy atom. The Balaban J connectivity index is 1.59. The normalized spacial score (nSPS) is 17.8. The number of rotatable bonds is 2. The van der Waals surface area contributed by atoms with E-state index >= 15 is 0 Å². The van der Waals surface area contributed by atoms with Crippen LogP contribution >= 0.6 is 0 Å². The second-order valence-electron chi connectivity index (χ2n) is 5.58. The number of amides is 1. The van der Waals surface area contributed by atoms with Crippen molar-refractivity contribution in [3.63, 3.8) is 0 Å². The summed E-state index contributed by atoms with van der Waals surface area (Å²) in [7, 11) is 0. The van der Waals surface area contributed by atoms with Gasteiger partial charge >= 0.3 is 0 Å². The highest BCUT2D eigenvalue weighted by Crippen LogP contribution is 2.36. The summed E-state index contributed by atoms with van der Waals surface area (Å²) in [5, 5.41) is 2.82. The Hall–Kier alpha value is -2.96. The van der Waals surface area contributed by atoms with Gasteiger partial charge in [0.1, 0.15) is 19.8 Å². The molecular formula is C17H15FN2O4. The number of halogens is 1. The van der Waals surface area contributed by atoms with E-state index in [1.54, 1.807) is 24.3 Å². The van der Waals surface area contributed by atoms with Crippen molar-refractivity contribution >= 4 is 11.6 Å². The first-order valence-corrected chi connectivity index (χ1v) is 7.54. The summed E-state index contributed by atoms with van der Waals surface area (Å²) in [5.41, 5.74) is 7.13. The van der Waals surface area contributed by atoms with Crippen LogP contribution in [0.5, 0.6) is 17.2 Å². The number of nitrogens with two attached hydrogens (primary N) is 1. The molecule has 0 radical (unpaired) electrons. The minimum Gasteiger partial charge on any atom is -0.488 e. The number of para-hydroxylation sites is 1. The molecule has 3 N–H and O–H groups in total. The smallest absolute Gasteiger partial charge is 0.254 e. The zero-order valence-electron chi connectivity index (χ0n) is 12.7. The van der Waals surface area contributed by atoms with Crippen LogP contribution in [0.1, 0.15) is 22.0 Å². The molecule has 7 heteroatoms.